The van der Waals surface area contributed by atoms with Crippen LogP contribution < -0.4 is 19.9 Å². The third-order valence-electron chi connectivity index (χ3n) is 5.04. The molecule has 0 saturated heterocycles. The monoisotopic (exact) mass is 524 g/mol. The number of aryl methyl sites for hydroxylation is 1. The Morgan fingerprint density at radius 3 is 2.21 bits per heavy atom. The number of nitrogens with two attached hydrogens (primary N) is 1. The fourth-order valence-corrected chi connectivity index (χ4v) is 4.08. The summed E-state index contributed by atoms with van der Waals surface area (Å²) < 4.78 is 34.5. The fraction of sp³-hybridized carbons (Fsp3) is 0.280. The van der Waals surface area contributed by atoms with Gasteiger partial charge in [0.15, 0.2) is 11.5 Å². The standard InChI is InChI=1S/C25H29ClN2O4S.ClH/c1-3-31-24-15-21(14-23(26)25(24)32-17-20-6-4-18(2)5-7-20)16-28-13-12-19-8-10-22(11-9-19)33(27,29)30;/h4-11,14-15,28H,3,12-13,16-17H2,1-2H3,(H2,27,29,30);1H. The Kier molecular flexibility index (Phi) is 10.7. The summed E-state index contributed by atoms with van der Waals surface area (Å²) in [5.41, 5.74) is 4.25. The molecule has 3 N–H and O–H groups in total. The van der Waals surface area contributed by atoms with Crippen LogP contribution in [0.15, 0.2) is 65.6 Å². The molecule has 0 bridgehead atoms. The third kappa shape index (κ3) is 8.18. The smallest absolute Gasteiger partial charge is 0.238 e. The van der Waals surface area contributed by atoms with Crippen LogP contribution in [-0.2, 0) is 29.6 Å². The number of primary sulfonamides is 1. The van der Waals surface area contributed by atoms with Crippen molar-refractivity contribution in [2.75, 3.05) is 13.2 Å². The van der Waals surface area contributed by atoms with Gasteiger partial charge in [-0.15, -0.1) is 12.4 Å². The van der Waals surface area contributed by atoms with Gasteiger partial charge in [-0.3, -0.25) is 0 Å². The number of benzene rings is 3. The minimum absolute atomic E-state index is 0. The van der Waals surface area contributed by atoms with Gasteiger partial charge >= 0.3 is 0 Å². The Morgan fingerprint density at radius 2 is 1.59 bits per heavy atom. The van der Waals surface area contributed by atoms with Crippen LogP contribution in [0.1, 0.15) is 29.2 Å². The van der Waals surface area contributed by atoms with Gasteiger partial charge in [0.2, 0.25) is 10.0 Å². The average molecular weight is 525 g/mol. The lowest BCUT2D eigenvalue weighted by Crippen LogP contribution is -2.17. The molecular weight excluding hydrogens is 495 g/mol. The molecule has 0 fully saturated rings. The Bertz CT molecular complexity index is 1170. The molecule has 34 heavy (non-hydrogen) atoms. The third-order valence-corrected chi connectivity index (χ3v) is 6.25. The van der Waals surface area contributed by atoms with Crippen molar-refractivity contribution in [3.05, 3.63) is 87.9 Å². The first kappa shape index (κ1) is 28.0. The van der Waals surface area contributed by atoms with Crippen molar-refractivity contribution < 1.29 is 17.9 Å². The van der Waals surface area contributed by atoms with E-state index in [0.717, 1.165) is 23.1 Å². The summed E-state index contributed by atoms with van der Waals surface area (Å²) in [6.07, 6.45) is 0.745. The van der Waals surface area contributed by atoms with E-state index in [-0.39, 0.29) is 17.3 Å². The van der Waals surface area contributed by atoms with E-state index in [1.807, 2.05) is 50.2 Å². The van der Waals surface area contributed by atoms with E-state index in [0.29, 0.717) is 42.8 Å². The van der Waals surface area contributed by atoms with Gasteiger partial charge in [0.25, 0.3) is 0 Å². The summed E-state index contributed by atoms with van der Waals surface area (Å²) in [5.74, 6) is 1.16. The molecule has 0 spiro atoms. The maximum atomic E-state index is 11.3. The van der Waals surface area contributed by atoms with Crippen LogP contribution >= 0.6 is 24.0 Å². The van der Waals surface area contributed by atoms with E-state index in [2.05, 4.69) is 5.32 Å². The fourth-order valence-electron chi connectivity index (χ4n) is 3.28. The maximum Gasteiger partial charge on any atom is 0.238 e. The van der Waals surface area contributed by atoms with Crippen molar-refractivity contribution in [1.82, 2.24) is 5.32 Å². The van der Waals surface area contributed by atoms with Crippen LogP contribution in [0.4, 0.5) is 0 Å². The topological polar surface area (TPSA) is 90.6 Å². The second-order valence-electron chi connectivity index (χ2n) is 7.73. The number of hydrogen-bond donors (Lipinski definition) is 2. The first-order valence-electron chi connectivity index (χ1n) is 10.7. The zero-order valence-electron chi connectivity index (χ0n) is 19.2. The second kappa shape index (κ2) is 13.0. The molecule has 0 aliphatic rings. The van der Waals surface area contributed by atoms with E-state index in [1.165, 1.54) is 17.7 Å². The highest BCUT2D eigenvalue weighted by atomic mass is 35.5. The average Bonchev–Trinajstić information content (AvgIpc) is 2.77. The van der Waals surface area contributed by atoms with Crippen molar-refractivity contribution in [2.45, 2.75) is 38.3 Å². The van der Waals surface area contributed by atoms with E-state index >= 15 is 0 Å². The lowest BCUT2D eigenvalue weighted by molar-refractivity contribution is 0.269. The summed E-state index contributed by atoms with van der Waals surface area (Å²) in [6.45, 7) is 6.19. The highest BCUT2D eigenvalue weighted by molar-refractivity contribution is 7.89. The van der Waals surface area contributed by atoms with Gasteiger partial charge < -0.3 is 14.8 Å². The molecule has 0 aliphatic carbocycles. The van der Waals surface area contributed by atoms with Crippen LogP contribution in [0.5, 0.6) is 11.5 Å². The Morgan fingerprint density at radius 1 is 0.941 bits per heavy atom. The predicted octanol–water partition coefficient (Wildman–Crippen LogP) is 5.03. The molecule has 3 rings (SSSR count). The van der Waals surface area contributed by atoms with Gasteiger partial charge in [0.1, 0.15) is 6.61 Å². The van der Waals surface area contributed by atoms with Gasteiger partial charge in [-0.25, -0.2) is 13.6 Å². The molecule has 9 heteroatoms. The van der Waals surface area contributed by atoms with Gasteiger partial charge in [-0.1, -0.05) is 53.6 Å². The van der Waals surface area contributed by atoms with E-state index < -0.39 is 10.0 Å². The quantitative estimate of drug-likeness (QED) is 0.343. The van der Waals surface area contributed by atoms with Crippen molar-refractivity contribution >= 4 is 34.0 Å². The molecule has 184 valence electrons. The first-order chi connectivity index (χ1) is 15.8. The molecule has 0 unspecified atom stereocenters. The number of rotatable bonds is 11. The summed E-state index contributed by atoms with van der Waals surface area (Å²) in [5, 5.41) is 9.01. The number of sulfonamides is 1. The molecule has 6 nitrogen and oxygen atoms in total. The molecule has 0 radical (unpaired) electrons. The van der Waals surface area contributed by atoms with Gasteiger partial charge in [-0.2, -0.15) is 0 Å². The SMILES string of the molecule is CCOc1cc(CNCCc2ccc(S(N)(=O)=O)cc2)cc(Cl)c1OCc1ccc(C)cc1.Cl. The van der Waals surface area contributed by atoms with E-state index in [4.69, 9.17) is 26.2 Å². The van der Waals surface area contributed by atoms with Crippen LogP contribution in [0.2, 0.25) is 5.02 Å². The lowest BCUT2D eigenvalue weighted by atomic mass is 10.1. The molecule has 3 aromatic rings. The maximum absolute atomic E-state index is 11.3. The highest BCUT2D eigenvalue weighted by Gasteiger charge is 2.13. The summed E-state index contributed by atoms with van der Waals surface area (Å²) >= 11 is 6.53. The normalized spacial score (nSPS) is 11.1. The van der Waals surface area contributed by atoms with E-state index in [9.17, 15) is 8.42 Å². The number of hydrogen-bond acceptors (Lipinski definition) is 5. The molecule has 0 saturated carbocycles. The predicted molar refractivity (Wildman–Crippen MR) is 139 cm³/mol. The highest BCUT2D eigenvalue weighted by Crippen LogP contribution is 2.37. The van der Waals surface area contributed by atoms with Gasteiger partial charge in [-0.05, 0) is 67.8 Å². The molecule has 0 heterocycles. The first-order valence-corrected chi connectivity index (χ1v) is 12.6. The second-order valence-corrected chi connectivity index (χ2v) is 9.70. The summed E-state index contributed by atoms with van der Waals surface area (Å²) in [6, 6.07) is 18.6. The van der Waals surface area contributed by atoms with Gasteiger partial charge in [0.05, 0.1) is 16.5 Å². The van der Waals surface area contributed by atoms with Crippen molar-refractivity contribution in [2.24, 2.45) is 5.14 Å². The van der Waals surface area contributed by atoms with Gasteiger partial charge in [0, 0.05) is 6.54 Å². The molecular formula is C25H30Cl2N2O4S. The Balaban J connectivity index is 0.00000408. The zero-order valence-corrected chi connectivity index (χ0v) is 21.6. The molecule has 0 aliphatic heterocycles. The van der Waals surface area contributed by atoms with E-state index in [1.54, 1.807) is 12.1 Å². The van der Waals surface area contributed by atoms with Crippen LogP contribution in [0, 0.1) is 6.92 Å². The largest absolute Gasteiger partial charge is 0.490 e. The van der Waals surface area contributed by atoms with Crippen LogP contribution in [-0.4, -0.2) is 21.6 Å². The minimum atomic E-state index is -3.67. The Hall–Kier alpha value is -2.29. The minimum Gasteiger partial charge on any atom is -0.490 e. The van der Waals surface area contributed by atoms with Crippen molar-refractivity contribution in [1.29, 1.82) is 0 Å². The Labute approximate surface area is 212 Å². The molecule has 3 aromatic carbocycles. The number of ether oxygens (including phenoxy) is 2. The van der Waals surface area contributed by atoms with Crippen molar-refractivity contribution in [3.63, 3.8) is 0 Å². The van der Waals surface area contributed by atoms with Crippen molar-refractivity contribution in [3.8, 4) is 11.5 Å². The van der Waals surface area contributed by atoms with Crippen LogP contribution in [0.3, 0.4) is 0 Å². The number of halogens is 2. The summed E-state index contributed by atoms with van der Waals surface area (Å²) in [4.78, 5) is 0.113. The summed E-state index contributed by atoms with van der Waals surface area (Å²) in [7, 11) is -3.67. The molecule has 0 amide bonds. The lowest BCUT2D eigenvalue weighted by Gasteiger charge is -2.16. The zero-order chi connectivity index (χ0) is 23.8. The van der Waals surface area contributed by atoms with Crippen LogP contribution in [0.25, 0.3) is 0 Å². The molecule has 0 aromatic heterocycles. The number of nitrogens with one attached hydrogen (secondary N) is 1. The molecule has 0 atom stereocenters.